The number of hydrogen-bond acceptors (Lipinski definition) is 4. The number of rotatable bonds is 0. The van der Waals surface area contributed by atoms with E-state index in [1.807, 2.05) is 13.0 Å². The van der Waals surface area contributed by atoms with Crippen molar-refractivity contribution in [1.29, 1.82) is 5.26 Å². The standard InChI is InChI=1S/C8H7N5/c1-5-11-4-7-12-3-6(2-9)8(10)13(5)7/h3-4H,10H2,1H3. The molecule has 0 bridgehead atoms. The number of hydrogen-bond donors (Lipinski definition) is 1. The summed E-state index contributed by atoms with van der Waals surface area (Å²) in [4.78, 5) is 8.07. The first-order valence-electron chi connectivity index (χ1n) is 3.72. The fourth-order valence-corrected chi connectivity index (χ4v) is 1.22. The number of imidazole rings is 1. The molecule has 13 heavy (non-hydrogen) atoms. The summed E-state index contributed by atoms with van der Waals surface area (Å²) >= 11 is 0. The summed E-state index contributed by atoms with van der Waals surface area (Å²) < 4.78 is 1.65. The highest BCUT2D eigenvalue weighted by Crippen LogP contribution is 2.13. The Morgan fingerprint density at radius 3 is 2.92 bits per heavy atom. The van der Waals surface area contributed by atoms with Gasteiger partial charge in [-0.05, 0) is 6.92 Å². The van der Waals surface area contributed by atoms with Gasteiger partial charge in [-0.25, -0.2) is 9.97 Å². The molecule has 0 amide bonds. The number of anilines is 1. The van der Waals surface area contributed by atoms with Gasteiger partial charge in [0.25, 0.3) is 0 Å². The van der Waals surface area contributed by atoms with Crippen molar-refractivity contribution in [2.24, 2.45) is 0 Å². The van der Waals surface area contributed by atoms with Crippen LogP contribution in [0.3, 0.4) is 0 Å². The highest BCUT2D eigenvalue weighted by atomic mass is 15.1. The molecular formula is C8H7N5. The van der Waals surface area contributed by atoms with Crippen LogP contribution in [0.2, 0.25) is 0 Å². The van der Waals surface area contributed by atoms with E-state index in [2.05, 4.69) is 9.97 Å². The van der Waals surface area contributed by atoms with Gasteiger partial charge in [-0.2, -0.15) is 5.26 Å². The van der Waals surface area contributed by atoms with E-state index in [0.29, 0.717) is 17.0 Å². The van der Waals surface area contributed by atoms with E-state index in [0.717, 1.165) is 5.82 Å². The highest BCUT2D eigenvalue weighted by molar-refractivity contribution is 5.55. The third-order valence-electron chi connectivity index (χ3n) is 1.88. The lowest BCUT2D eigenvalue weighted by atomic mass is 10.3. The van der Waals surface area contributed by atoms with E-state index in [4.69, 9.17) is 11.0 Å². The first-order valence-corrected chi connectivity index (χ1v) is 3.72. The maximum atomic E-state index is 8.70. The molecule has 5 heteroatoms. The van der Waals surface area contributed by atoms with Gasteiger partial charge in [0.15, 0.2) is 5.65 Å². The molecule has 2 heterocycles. The van der Waals surface area contributed by atoms with Crippen molar-refractivity contribution in [3.63, 3.8) is 0 Å². The van der Waals surface area contributed by atoms with Crippen molar-refractivity contribution in [1.82, 2.24) is 14.4 Å². The highest BCUT2D eigenvalue weighted by Gasteiger charge is 2.06. The van der Waals surface area contributed by atoms with Crippen LogP contribution in [0.1, 0.15) is 11.4 Å². The van der Waals surface area contributed by atoms with Gasteiger partial charge in [-0.3, -0.25) is 4.40 Å². The number of aromatic nitrogens is 3. The second-order valence-corrected chi connectivity index (χ2v) is 2.67. The van der Waals surface area contributed by atoms with Crippen LogP contribution in [0.4, 0.5) is 5.82 Å². The van der Waals surface area contributed by atoms with Crippen LogP contribution in [-0.4, -0.2) is 14.4 Å². The Morgan fingerprint density at radius 1 is 1.46 bits per heavy atom. The number of nitrogens with two attached hydrogens (primary N) is 1. The summed E-state index contributed by atoms with van der Waals surface area (Å²) in [7, 11) is 0. The van der Waals surface area contributed by atoms with Gasteiger partial charge in [-0.1, -0.05) is 0 Å². The zero-order valence-corrected chi connectivity index (χ0v) is 7.02. The fourth-order valence-electron chi connectivity index (χ4n) is 1.22. The number of nitrogen functional groups attached to an aromatic ring is 1. The summed E-state index contributed by atoms with van der Waals surface area (Å²) in [5.74, 6) is 1.12. The fraction of sp³-hybridized carbons (Fsp3) is 0.125. The monoisotopic (exact) mass is 173 g/mol. The quantitative estimate of drug-likeness (QED) is 0.628. The smallest absolute Gasteiger partial charge is 0.158 e. The molecule has 0 unspecified atom stereocenters. The second kappa shape index (κ2) is 2.45. The molecule has 2 aromatic heterocycles. The molecule has 0 aliphatic rings. The summed E-state index contributed by atoms with van der Waals surface area (Å²) in [5.41, 5.74) is 6.77. The molecule has 64 valence electrons. The van der Waals surface area contributed by atoms with Crippen LogP contribution >= 0.6 is 0 Å². The number of aryl methyl sites for hydroxylation is 1. The molecule has 2 aromatic rings. The van der Waals surface area contributed by atoms with E-state index >= 15 is 0 Å². The summed E-state index contributed by atoms with van der Waals surface area (Å²) in [6.45, 7) is 1.81. The molecule has 0 atom stereocenters. The van der Waals surface area contributed by atoms with Crippen molar-refractivity contribution >= 4 is 11.5 Å². The molecule has 5 nitrogen and oxygen atoms in total. The van der Waals surface area contributed by atoms with Crippen LogP contribution < -0.4 is 5.73 Å². The summed E-state index contributed by atoms with van der Waals surface area (Å²) in [5, 5.41) is 8.70. The minimum absolute atomic E-state index is 0.369. The van der Waals surface area contributed by atoms with Gasteiger partial charge >= 0.3 is 0 Å². The van der Waals surface area contributed by atoms with Crippen LogP contribution in [0, 0.1) is 18.3 Å². The zero-order chi connectivity index (χ0) is 9.42. The predicted octanol–water partition coefficient (Wildman–Crippen LogP) is 0.492. The van der Waals surface area contributed by atoms with Gasteiger partial charge in [0.1, 0.15) is 23.3 Å². The molecule has 2 rings (SSSR count). The SMILES string of the molecule is Cc1ncc2ncc(C#N)c(N)n12. The van der Waals surface area contributed by atoms with Crippen molar-refractivity contribution in [2.75, 3.05) is 5.73 Å². The molecule has 0 aliphatic carbocycles. The normalized spacial score (nSPS) is 10.2. The lowest BCUT2D eigenvalue weighted by Gasteiger charge is -2.01. The number of nitriles is 1. The molecule has 0 aliphatic heterocycles. The van der Waals surface area contributed by atoms with Gasteiger partial charge in [0.2, 0.25) is 0 Å². The Morgan fingerprint density at radius 2 is 2.23 bits per heavy atom. The average molecular weight is 173 g/mol. The Balaban J connectivity index is 2.93. The van der Waals surface area contributed by atoms with Gasteiger partial charge in [0.05, 0.1) is 12.4 Å². The molecule has 0 saturated heterocycles. The second-order valence-electron chi connectivity index (χ2n) is 2.67. The first kappa shape index (κ1) is 7.55. The summed E-state index contributed by atoms with van der Waals surface area (Å²) in [6, 6.07) is 1.97. The lowest BCUT2D eigenvalue weighted by Crippen LogP contribution is -2.02. The van der Waals surface area contributed by atoms with Crippen LogP contribution in [0.25, 0.3) is 5.65 Å². The van der Waals surface area contributed by atoms with Crippen LogP contribution in [0.5, 0.6) is 0 Å². The van der Waals surface area contributed by atoms with Gasteiger partial charge in [0, 0.05) is 0 Å². The Bertz CT molecular complexity index is 505. The minimum Gasteiger partial charge on any atom is -0.384 e. The summed E-state index contributed by atoms with van der Waals surface area (Å²) in [6.07, 6.45) is 3.07. The van der Waals surface area contributed by atoms with Gasteiger partial charge < -0.3 is 5.73 Å². The molecule has 2 N–H and O–H groups in total. The van der Waals surface area contributed by atoms with Crippen molar-refractivity contribution < 1.29 is 0 Å². The minimum atomic E-state index is 0.369. The first-order chi connectivity index (χ1) is 6.24. The Labute approximate surface area is 74.5 Å². The third-order valence-corrected chi connectivity index (χ3v) is 1.88. The number of fused-ring (bicyclic) bond motifs is 1. The molecule has 0 radical (unpaired) electrons. The van der Waals surface area contributed by atoms with Crippen LogP contribution in [0.15, 0.2) is 12.4 Å². The van der Waals surface area contributed by atoms with E-state index in [9.17, 15) is 0 Å². The van der Waals surface area contributed by atoms with Crippen molar-refractivity contribution in [2.45, 2.75) is 6.92 Å². The predicted molar refractivity (Wildman–Crippen MR) is 46.9 cm³/mol. The number of nitrogens with zero attached hydrogens (tertiary/aromatic N) is 4. The van der Waals surface area contributed by atoms with Crippen molar-refractivity contribution in [3.05, 3.63) is 23.8 Å². The molecule has 0 spiro atoms. The topological polar surface area (TPSA) is 80.0 Å². The van der Waals surface area contributed by atoms with Crippen molar-refractivity contribution in [3.8, 4) is 6.07 Å². The van der Waals surface area contributed by atoms with Crippen LogP contribution in [-0.2, 0) is 0 Å². The van der Waals surface area contributed by atoms with E-state index in [1.165, 1.54) is 6.20 Å². The maximum Gasteiger partial charge on any atom is 0.158 e. The zero-order valence-electron chi connectivity index (χ0n) is 7.02. The van der Waals surface area contributed by atoms with E-state index in [1.54, 1.807) is 10.6 Å². The van der Waals surface area contributed by atoms with E-state index < -0.39 is 0 Å². The molecule has 0 aromatic carbocycles. The molecule has 0 fully saturated rings. The average Bonchev–Trinajstić information content (AvgIpc) is 2.49. The van der Waals surface area contributed by atoms with E-state index in [-0.39, 0.29) is 0 Å². The largest absolute Gasteiger partial charge is 0.384 e. The third kappa shape index (κ3) is 0.924. The lowest BCUT2D eigenvalue weighted by molar-refractivity contribution is 1.03. The molecule has 0 saturated carbocycles. The Kier molecular flexibility index (Phi) is 1.43. The molecular weight excluding hydrogens is 166 g/mol. The van der Waals surface area contributed by atoms with Gasteiger partial charge in [-0.15, -0.1) is 0 Å². The maximum absolute atomic E-state index is 8.70. The Hall–Kier alpha value is -2.09.